The number of ether oxygens (including phenoxy) is 2. The van der Waals surface area contributed by atoms with Crippen LogP contribution in [0.3, 0.4) is 0 Å². The third-order valence-corrected chi connectivity index (χ3v) is 8.17. The Morgan fingerprint density at radius 2 is 1.98 bits per heavy atom. The van der Waals surface area contributed by atoms with Crippen LogP contribution in [0.1, 0.15) is 61.8 Å². The van der Waals surface area contributed by atoms with Gasteiger partial charge in [0.2, 0.25) is 0 Å². The van der Waals surface area contributed by atoms with E-state index in [0.29, 0.717) is 73.5 Å². The van der Waals surface area contributed by atoms with Gasteiger partial charge in [-0.05, 0) is 39.5 Å². The number of carbonyl (C=O) groups is 1. The highest BCUT2D eigenvalue weighted by atomic mass is 19.1. The SMILES string of the molecule is COCCn1ncc2c(Nc3cc(C)[nH]n3)nc(C3CCC(OC)(C(=O)N[C@@H](C)c4cnc(-n5cc(F)cn5)cn4)CC3)nc21. The van der Waals surface area contributed by atoms with Crippen LogP contribution in [0.15, 0.2) is 37.1 Å². The van der Waals surface area contributed by atoms with E-state index < -0.39 is 17.5 Å². The molecule has 0 radical (unpaired) electrons. The summed E-state index contributed by atoms with van der Waals surface area (Å²) in [5.41, 5.74) is 1.16. The topological polar surface area (TPSA) is 175 Å². The smallest absolute Gasteiger partial charge is 0.252 e. The molecule has 0 unspecified atom stereocenters. The Balaban J connectivity index is 1.17. The second-order valence-corrected chi connectivity index (χ2v) is 11.2. The zero-order chi connectivity index (χ0) is 31.6. The Kier molecular flexibility index (Phi) is 8.49. The molecule has 1 aliphatic carbocycles. The number of aryl methyl sites for hydroxylation is 1. The Morgan fingerprint density at radius 3 is 2.62 bits per heavy atom. The molecule has 5 heterocycles. The van der Waals surface area contributed by atoms with E-state index in [9.17, 15) is 9.18 Å². The number of amides is 1. The summed E-state index contributed by atoms with van der Waals surface area (Å²) in [6.45, 7) is 4.79. The van der Waals surface area contributed by atoms with Crippen molar-refractivity contribution in [3.63, 3.8) is 0 Å². The summed E-state index contributed by atoms with van der Waals surface area (Å²) in [5, 5.41) is 22.8. The molecule has 0 aromatic carbocycles. The van der Waals surface area contributed by atoms with Crippen molar-refractivity contribution in [3.8, 4) is 5.82 Å². The fraction of sp³-hybridized carbons (Fsp3) is 0.448. The van der Waals surface area contributed by atoms with Gasteiger partial charge in [0.1, 0.15) is 17.2 Å². The van der Waals surface area contributed by atoms with Gasteiger partial charge in [-0.25, -0.2) is 28.7 Å². The Morgan fingerprint density at radius 1 is 1.16 bits per heavy atom. The number of hydrogen-bond acceptors (Lipinski definition) is 11. The maximum Gasteiger partial charge on any atom is 0.252 e. The van der Waals surface area contributed by atoms with Crippen LogP contribution < -0.4 is 10.6 Å². The number of methoxy groups -OCH3 is 2. The van der Waals surface area contributed by atoms with Crippen molar-refractivity contribution in [1.29, 1.82) is 0 Å². The molecule has 16 heteroatoms. The maximum absolute atomic E-state index is 13.6. The minimum atomic E-state index is -1.01. The highest BCUT2D eigenvalue weighted by Gasteiger charge is 2.43. The highest BCUT2D eigenvalue weighted by Crippen LogP contribution is 2.40. The van der Waals surface area contributed by atoms with Crippen LogP contribution in [0.4, 0.5) is 16.0 Å². The fourth-order valence-electron chi connectivity index (χ4n) is 5.56. The van der Waals surface area contributed by atoms with Crippen LogP contribution in [-0.4, -0.2) is 82.0 Å². The van der Waals surface area contributed by atoms with E-state index in [2.05, 4.69) is 41.0 Å². The first-order valence-electron chi connectivity index (χ1n) is 14.7. The van der Waals surface area contributed by atoms with Gasteiger partial charge in [-0.15, -0.1) is 0 Å². The standard InChI is InChI=1S/C29H35FN12O3/c1-17-11-23(40-39-17)36-26-21-13-34-41(9-10-44-3)27(21)38-25(37-26)19-5-7-29(45-4,8-6-19)28(43)35-18(2)22-14-32-24(15-31-22)42-16-20(30)12-33-42/h11-16,18-19H,5-10H2,1-4H3,(H,35,43)(H2,36,37,38,39,40)/t18-,19?,29?/m0/s1. The van der Waals surface area contributed by atoms with Gasteiger partial charge in [-0.3, -0.25) is 14.9 Å². The number of nitrogens with one attached hydrogen (secondary N) is 3. The molecule has 6 rings (SSSR count). The van der Waals surface area contributed by atoms with E-state index in [4.69, 9.17) is 19.4 Å². The summed E-state index contributed by atoms with van der Waals surface area (Å²) < 4.78 is 27.6. The van der Waals surface area contributed by atoms with Gasteiger partial charge in [-0.2, -0.15) is 15.3 Å². The van der Waals surface area contributed by atoms with Crippen LogP contribution >= 0.6 is 0 Å². The van der Waals surface area contributed by atoms with Gasteiger partial charge in [-0.1, -0.05) is 0 Å². The lowest BCUT2D eigenvalue weighted by Crippen LogP contribution is -2.51. The molecule has 5 aromatic rings. The van der Waals surface area contributed by atoms with Crippen molar-refractivity contribution < 1.29 is 18.7 Å². The first-order chi connectivity index (χ1) is 21.8. The van der Waals surface area contributed by atoms with Crippen molar-refractivity contribution in [2.45, 2.75) is 63.6 Å². The van der Waals surface area contributed by atoms with Crippen LogP contribution in [0.5, 0.6) is 0 Å². The molecule has 236 valence electrons. The molecule has 0 aliphatic heterocycles. The highest BCUT2D eigenvalue weighted by molar-refractivity contribution is 5.88. The second-order valence-electron chi connectivity index (χ2n) is 11.2. The number of carbonyl (C=O) groups excluding carboxylic acids is 1. The van der Waals surface area contributed by atoms with Crippen LogP contribution in [0.2, 0.25) is 0 Å². The minimum absolute atomic E-state index is 0.000636. The lowest BCUT2D eigenvalue weighted by molar-refractivity contribution is -0.148. The normalized spacial score (nSPS) is 19.1. The quantitative estimate of drug-likeness (QED) is 0.198. The van der Waals surface area contributed by atoms with Crippen LogP contribution in [0, 0.1) is 12.7 Å². The summed E-state index contributed by atoms with van der Waals surface area (Å²) in [6.07, 6.45) is 9.32. The fourth-order valence-corrected chi connectivity index (χ4v) is 5.56. The van der Waals surface area contributed by atoms with Gasteiger partial charge in [0.05, 0.1) is 61.3 Å². The number of nitrogens with zero attached hydrogens (tertiary/aromatic N) is 9. The van der Waals surface area contributed by atoms with E-state index in [1.54, 1.807) is 20.4 Å². The predicted molar refractivity (Wildman–Crippen MR) is 160 cm³/mol. The third kappa shape index (κ3) is 6.23. The predicted octanol–water partition coefficient (Wildman–Crippen LogP) is 3.28. The molecule has 1 saturated carbocycles. The minimum Gasteiger partial charge on any atom is -0.383 e. The Hall–Kier alpha value is -4.83. The van der Waals surface area contributed by atoms with Crippen molar-refractivity contribution in [2.75, 3.05) is 26.1 Å². The number of halogens is 1. The number of fused-ring (bicyclic) bond motifs is 1. The second kappa shape index (κ2) is 12.6. The van der Waals surface area contributed by atoms with Crippen LogP contribution in [0.25, 0.3) is 16.9 Å². The van der Waals surface area contributed by atoms with Gasteiger partial charge in [0.25, 0.3) is 5.91 Å². The summed E-state index contributed by atoms with van der Waals surface area (Å²) in [4.78, 5) is 32.2. The van der Waals surface area contributed by atoms with E-state index in [-0.39, 0.29) is 11.8 Å². The van der Waals surface area contributed by atoms with Crippen LogP contribution in [-0.2, 0) is 20.8 Å². The zero-order valence-corrected chi connectivity index (χ0v) is 25.5. The largest absolute Gasteiger partial charge is 0.383 e. The molecule has 15 nitrogen and oxygen atoms in total. The summed E-state index contributed by atoms with van der Waals surface area (Å²) in [7, 11) is 3.21. The average Bonchev–Trinajstić information content (AvgIpc) is 3.79. The Labute approximate surface area is 258 Å². The van der Waals surface area contributed by atoms with Crippen molar-refractivity contribution in [1.82, 2.24) is 55.0 Å². The summed E-state index contributed by atoms with van der Waals surface area (Å²) in [6, 6.07) is 1.46. The average molecular weight is 619 g/mol. The number of aromatic amines is 1. The number of anilines is 2. The molecule has 0 spiro atoms. The maximum atomic E-state index is 13.6. The molecule has 0 bridgehead atoms. The van der Waals surface area contributed by atoms with Gasteiger partial charge >= 0.3 is 0 Å². The zero-order valence-electron chi connectivity index (χ0n) is 25.5. The number of H-pyrrole nitrogens is 1. The monoisotopic (exact) mass is 618 g/mol. The van der Waals surface area contributed by atoms with E-state index >= 15 is 0 Å². The first kappa shape index (κ1) is 30.2. The van der Waals surface area contributed by atoms with E-state index in [1.807, 2.05) is 24.6 Å². The molecule has 1 amide bonds. The molecule has 5 aromatic heterocycles. The molecular weight excluding hydrogens is 583 g/mol. The molecule has 1 aliphatic rings. The van der Waals surface area contributed by atoms with Crippen molar-refractivity contribution in [3.05, 3.63) is 60.1 Å². The molecule has 45 heavy (non-hydrogen) atoms. The summed E-state index contributed by atoms with van der Waals surface area (Å²) in [5.74, 6) is 1.61. The van der Waals surface area contributed by atoms with E-state index in [1.165, 1.54) is 23.3 Å². The lowest BCUT2D eigenvalue weighted by Gasteiger charge is -2.38. The number of aromatic nitrogens is 10. The molecular formula is C29H35FN12O3. The third-order valence-electron chi connectivity index (χ3n) is 8.17. The van der Waals surface area contributed by atoms with Crippen molar-refractivity contribution in [2.24, 2.45) is 0 Å². The molecule has 1 atom stereocenters. The molecule has 0 saturated heterocycles. The number of rotatable bonds is 11. The van der Waals surface area contributed by atoms with Gasteiger partial charge in [0.15, 0.2) is 23.1 Å². The lowest BCUT2D eigenvalue weighted by atomic mass is 9.77. The van der Waals surface area contributed by atoms with Gasteiger partial charge < -0.3 is 20.1 Å². The molecule has 1 fully saturated rings. The summed E-state index contributed by atoms with van der Waals surface area (Å²) >= 11 is 0. The van der Waals surface area contributed by atoms with Crippen molar-refractivity contribution >= 4 is 28.6 Å². The van der Waals surface area contributed by atoms with Gasteiger partial charge in [0, 0.05) is 31.9 Å². The van der Waals surface area contributed by atoms with E-state index in [0.717, 1.165) is 17.3 Å². The first-order valence-corrected chi connectivity index (χ1v) is 14.7. The number of hydrogen-bond donors (Lipinski definition) is 3. The Bertz CT molecular complexity index is 1770. The molecule has 3 N–H and O–H groups in total.